The first-order valence-corrected chi connectivity index (χ1v) is 7.94. The van der Waals surface area contributed by atoms with Crippen LogP contribution in [0, 0.1) is 11.3 Å². The molecule has 3 aromatic rings. The Morgan fingerprint density at radius 3 is 2.33 bits per heavy atom. The van der Waals surface area contributed by atoms with Crippen molar-refractivity contribution in [3.05, 3.63) is 47.9 Å². The van der Waals surface area contributed by atoms with E-state index in [0.29, 0.717) is 40.3 Å². The van der Waals surface area contributed by atoms with Gasteiger partial charge in [0, 0.05) is 11.6 Å². The van der Waals surface area contributed by atoms with Crippen LogP contribution in [-0.4, -0.2) is 31.5 Å². The maximum Gasteiger partial charge on any atom is 0.264 e. The van der Waals surface area contributed by atoms with Gasteiger partial charge in [-0.25, -0.2) is 0 Å². The van der Waals surface area contributed by atoms with Crippen molar-refractivity contribution in [1.29, 1.82) is 5.26 Å². The molecule has 0 aliphatic rings. The highest BCUT2D eigenvalue weighted by Crippen LogP contribution is 2.32. The summed E-state index contributed by atoms with van der Waals surface area (Å²) in [5, 5.41) is 12.9. The van der Waals surface area contributed by atoms with Gasteiger partial charge in [-0.1, -0.05) is 5.16 Å². The standard InChI is InChI=1S/C19H17N3O5/c1-23-14-7-5-13(9-17(14)25-3)19-21-18(27-22-19)11-26-15-6-4-12(10-20)8-16(15)24-2/h4-9H,11H2,1-3H3. The van der Waals surface area contributed by atoms with Gasteiger partial charge in [0.15, 0.2) is 29.6 Å². The zero-order valence-electron chi connectivity index (χ0n) is 15.1. The molecule has 0 N–H and O–H groups in total. The van der Waals surface area contributed by atoms with E-state index < -0.39 is 0 Å². The molecule has 0 unspecified atom stereocenters. The second kappa shape index (κ2) is 8.10. The fraction of sp³-hybridized carbons (Fsp3) is 0.211. The Morgan fingerprint density at radius 2 is 1.63 bits per heavy atom. The second-order valence-electron chi connectivity index (χ2n) is 5.35. The molecule has 138 valence electrons. The Morgan fingerprint density at radius 1 is 0.926 bits per heavy atom. The second-order valence-corrected chi connectivity index (χ2v) is 5.35. The van der Waals surface area contributed by atoms with Crippen molar-refractivity contribution in [2.75, 3.05) is 21.3 Å². The maximum atomic E-state index is 8.94. The minimum Gasteiger partial charge on any atom is -0.493 e. The summed E-state index contributed by atoms with van der Waals surface area (Å²) in [5.74, 6) is 2.81. The van der Waals surface area contributed by atoms with Crippen molar-refractivity contribution in [3.63, 3.8) is 0 Å². The fourth-order valence-electron chi connectivity index (χ4n) is 2.40. The number of hydrogen-bond donors (Lipinski definition) is 0. The van der Waals surface area contributed by atoms with E-state index in [9.17, 15) is 0 Å². The summed E-state index contributed by atoms with van der Waals surface area (Å²) in [4.78, 5) is 4.32. The summed E-state index contributed by atoms with van der Waals surface area (Å²) in [5.41, 5.74) is 1.20. The monoisotopic (exact) mass is 367 g/mol. The van der Waals surface area contributed by atoms with Crippen molar-refractivity contribution < 1.29 is 23.5 Å². The summed E-state index contributed by atoms with van der Waals surface area (Å²) in [6.45, 7) is 0.0581. The van der Waals surface area contributed by atoms with Gasteiger partial charge in [-0.05, 0) is 30.3 Å². The molecule has 1 aromatic heterocycles. The normalized spacial score (nSPS) is 10.1. The molecule has 0 saturated heterocycles. The molecular formula is C19H17N3O5. The van der Waals surface area contributed by atoms with Crippen LogP contribution in [0.3, 0.4) is 0 Å². The third-order valence-electron chi connectivity index (χ3n) is 3.75. The number of nitriles is 1. The lowest BCUT2D eigenvalue weighted by atomic mass is 10.2. The Kier molecular flexibility index (Phi) is 5.42. The van der Waals surface area contributed by atoms with Crippen LogP contribution in [-0.2, 0) is 6.61 Å². The van der Waals surface area contributed by atoms with E-state index in [1.165, 1.54) is 7.11 Å². The smallest absolute Gasteiger partial charge is 0.264 e. The topological polar surface area (TPSA) is 99.6 Å². The van der Waals surface area contributed by atoms with Gasteiger partial charge < -0.3 is 23.5 Å². The van der Waals surface area contributed by atoms with Crippen LogP contribution in [0.1, 0.15) is 11.5 Å². The molecular weight excluding hydrogens is 350 g/mol. The Bertz CT molecular complexity index is 978. The average Bonchev–Trinajstić information content (AvgIpc) is 3.20. The molecule has 0 spiro atoms. The van der Waals surface area contributed by atoms with Crippen LogP contribution in [0.25, 0.3) is 11.4 Å². The van der Waals surface area contributed by atoms with Gasteiger partial charge >= 0.3 is 0 Å². The molecule has 8 heteroatoms. The molecule has 2 aromatic carbocycles. The fourth-order valence-corrected chi connectivity index (χ4v) is 2.40. The summed E-state index contributed by atoms with van der Waals surface area (Å²) < 4.78 is 26.6. The number of benzene rings is 2. The van der Waals surface area contributed by atoms with Crippen LogP contribution in [0.2, 0.25) is 0 Å². The van der Waals surface area contributed by atoms with Gasteiger partial charge in [-0.15, -0.1) is 0 Å². The van der Waals surface area contributed by atoms with E-state index in [2.05, 4.69) is 10.1 Å². The van der Waals surface area contributed by atoms with E-state index >= 15 is 0 Å². The molecule has 0 aliphatic carbocycles. The Balaban J connectivity index is 1.75. The molecule has 1 heterocycles. The minimum atomic E-state index is 0.0581. The van der Waals surface area contributed by atoms with Crippen LogP contribution in [0.15, 0.2) is 40.9 Å². The molecule has 3 rings (SSSR count). The first-order chi connectivity index (χ1) is 13.2. The van der Waals surface area contributed by atoms with Crippen molar-refractivity contribution in [3.8, 4) is 40.5 Å². The first kappa shape index (κ1) is 18.1. The minimum absolute atomic E-state index is 0.0581. The van der Waals surface area contributed by atoms with Crippen LogP contribution in [0.5, 0.6) is 23.0 Å². The number of aromatic nitrogens is 2. The van der Waals surface area contributed by atoms with Gasteiger partial charge in [0.1, 0.15) is 0 Å². The first-order valence-electron chi connectivity index (χ1n) is 7.94. The molecule has 0 saturated carbocycles. The van der Waals surface area contributed by atoms with Crippen LogP contribution in [0.4, 0.5) is 0 Å². The lowest BCUT2D eigenvalue weighted by Gasteiger charge is -2.08. The van der Waals surface area contributed by atoms with Gasteiger partial charge in [0.05, 0.1) is 33.0 Å². The molecule has 8 nitrogen and oxygen atoms in total. The highest BCUT2D eigenvalue weighted by molar-refractivity contribution is 5.60. The predicted octanol–water partition coefficient (Wildman–Crippen LogP) is 3.21. The Labute approximate surface area is 155 Å². The van der Waals surface area contributed by atoms with E-state index in [0.717, 1.165) is 5.56 Å². The molecule has 0 bridgehead atoms. The molecule has 0 fully saturated rings. The van der Waals surface area contributed by atoms with Gasteiger partial charge in [0.25, 0.3) is 5.89 Å². The zero-order chi connectivity index (χ0) is 19.2. The summed E-state index contributed by atoms with van der Waals surface area (Å²) in [6, 6.07) is 12.3. The lowest BCUT2D eigenvalue weighted by Crippen LogP contribution is -1.98. The van der Waals surface area contributed by atoms with Crippen LogP contribution >= 0.6 is 0 Å². The summed E-state index contributed by atoms with van der Waals surface area (Å²) in [7, 11) is 4.63. The molecule has 0 amide bonds. The molecule has 27 heavy (non-hydrogen) atoms. The van der Waals surface area contributed by atoms with Crippen molar-refractivity contribution in [2.24, 2.45) is 0 Å². The average molecular weight is 367 g/mol. The van der Waals surface area contributed by atoms with Crippen LogP contribution < -0.4 is 18.9 Å². The number of ether oxygens (including phenoxy) is 4. The predicted molar refractivity (Wildman–Crippen MR) is 94.9 cm³/mol. The van der Waals surface area contributed by atoms with Gasteiger partial charge in [-0.2, -0.15) is 10.2 Å². The maximum absolute atomic E-state index is 8.94. The Hall–Kier alpha value is -3.73. The van der Waals surface area contributed by atoms with Crippen molar-refractivity contribution in [1.82, 2.24) is 10.1 Å². The van der Waals surface area contributed by atoms with E-state index in [1.54, 1.807) is 50.6 Å². The number of nitrogens with zero attached hydrogens (tertiary/aromatic N) is 3. The van der Waals surface area contributed by atoms with E-state index in [-0.39, 0.29) is 6.61 Å². The quantitative estimate of drug-likeness (QED) is 0.627. The number of methoxy groups -OCH3 is 3. The molecule has 0 aliphatic heterocycles. The third kappa shape index (κ3) is 3.93. The summed E-state index contributed by atoms with van der Waals surface area (Å²) in [6.07, 6.45) is 0. The SMILES string of the molecule is COc1ccc(-c2noc(COc3ccc(C#N)cc3OC)n2)cc1OC. The molecule has 0 radical (unpaired) electrons. The van der Waals surface area contributed by atoms with Crippen molar-refractivity contribution >= 4 is 0 Å². The van der Waals surface area contributed by atoms with E-state index in [1.807, 2.05) is 6.07 Å². The molecule has 0 atom stereocenters. The van der Waals surface area contributed by atoms with Crippen molar-refractivity contribution in [2.45, 2.75) is 6.61 Å². The largest absolute Gasteiger partial charge is 0.493 e. The van der Waals surface area contributed by atoms with Gasteiger partial charge in [-0.3, -0.25) is 0 Å². The van der Waals surface area contributed by atoms with Gasteiger partial charge in [0.2, 0.25) is 5.82 Å². The highest BCUT2D eigenvalue weighted by atomic mass is 16.5. The number of hydrogen-bond acceptors (Lipinski definition) is 8. The number of rotatable bonds is 7. The zero-order valence-corrected chi connectivity index (χ0v) is 15.1. The van der Waals surface area contributed by atoms with E-state index in [4.69, 9.17) is 28.7 Å². The summed E-state index contributed by atoms with van der Waals surface area (Å²) >= 11 is 0. The highest BCUT2D eigenvalue weighted by Gasteiger charge is 2.13. The lowest BCUT2D eigenvalue weighted by molar-refractivity contribution is 0.233. The third-order valence-corrected chi connectivity index (χ3v) is 3.75.